The van der Waals surface area contributed by atoms with Crippen LogP contribution in [0, 0.1) is 29.1 Å². The van der Waals surface area contributed by atoms with E-state index < -0.39 is 17.7 Å². The Morgan fingerprint density at radius 2 is 1.73 bits per heavy atom. The van der Waals surface area contributed by atoms with Gasteiger partial charge in [0.1, 0.15) is 30.4 Å². The summed E-state index contributed by atoms with van der Waals surface area (Å²) in [6.45, 7) is 4.47. The zero-order valence-electron chi connectivity index (χ0n) is 34.5. The van der Waals surface area contributed by atoms with Crippen LogP contribution in [0.5, 0.6) is 17.2 Å². The summed E-state index contributed by atoms with van der Waals surface area (Å²) in [4.78, 5) is 23.3. The van der Waals surface area contributed by atoms with Crippen molar-refractivity contribution in [1.82, 2.24) is 4.90 Å². The van der Waals surface area contributed by atoms with Crippen molar-refractivity contribution in [2.45, 2.75) is 67.6 Å². The topological polar surface area (TPSA) is 163 Å². The standard InChI is InChI=1S/C47H57N3O9S/c1-4-25-57-47-43(50(21-26-56-27-24-53)46(54)33-13-11-32(31-48)12-14-33)30-41(49-55-2)39-28-34(9-5-7-22-51)38(10-6-8-23-52)44(45(39)47)40-29-36(17-20-42(40)59-47)58-35-15-18-37(60-3)19-16-35/h4,11-20,28-29,34,38,43-45,51-53H,1,5-10,21-27,30H2,2-3H3. The second-order valence-electron chi connectivity index (χ2n) is 15.3. The SMILES string of the molecule is C=CCOC12Oc3ccc(Oc4ccc(SC)cc4)cc3C3C(CCCCO)C(CCCCO)C=C(C(=NOC)CC1N(CCOCCO)C(=O)c1ccc(C#N)cc1)C32. The molecule has 3 aromatic rings. The number of carbonyl (C=O) groups excluding carboxylic acids is 1. The highest BCUT2D eigenvalue weighted by molar-refractivity contribution is 7.98. The van der Waals surface area contributed by atoms with Crippen LogP contribution in [-0.2, 0) is 14.3 Å². The third-order valence-corrected chi connectivity index (χ3v) is 12.5. The maximum atomic E-state index is 14.9. The number of rotatable bonds is 22. The van der Waals surface area contributed by atoms with Gasteiger partial charge in [-0.3, -0.25) is 4.79 Å². The minimum atomic E-state index is -1.47. The van der Waals surface area contributed by atoms with Gasteiger partial charge in [-0.1, -0.05) is 30.1 Å². The van der Waals surface area contributed by atoms with Gasteiger partial charge in [0.15, 0.2) is 0 Å². The summed E-state index contributed by atoms with van der Waals surface area (Å²) >= 11 is 1.66. The number of hydrogen-bond donors (Lipinski definition) is 3. The molecular formula is C47H57N3O9S. The van der Waals surface area contributed by atoms with E-state index in [0.29, 0.717) is 46.9 Å². The van der Waals surface area contributed by atoms with Crippen LogP contribution >= 0.6 is 11.8 Å². The molecule has 6 unspecified atom stereocenters. The van der Waals surface area contributed by atoms with Crippen molar-refractivity contribution in [3.8, 4) is 23.3 Å². The van der Waals surface area contributed by atoms with E-state index in [9.17, 15) is 25.4 Å². The molecule has 12 nitrogen and oxygen atoms in total. The van der Waals surface area contributed by atoms with E-state index in [1.54, 1.807) is 47.0 Å². The molecule has 0 spiro atoms. The molecule has 6 atom stereocenters. The number of hydrogen-bond acceptors (Lipinski definition) is 12. The van der Waals surface area contributed by atoms with Gasteiger partial charge in [-0.2, -0.15) is 5.26 Å². The smallest absolute Gasteiger partial charge is 0.254 e. The van der Waals surface area contributed by atoms with Crippen LogP contribution in [0.15, 0.2) is 101 Å². The number of aliphatic hydroxyl groups is 3. The average Bonchev–Trinajstić information content (AvgIpc) is 3.27. The molecule has 60 heavy (non-hydrogen) atoms. The summed E-state index contributed by atoms with van der Waals surface area (Å²) in [6.07, 6.45) is 10.7. The van der Waals surface area contributed by atoms with Crippen LogP contribution in [-0.4, -0.2) is 103 Å². The van der Waals surface area contributed by atoms with Gasteiger partial charge in [0.05, 0.1) is 49.7 Å². The first-order chi connectivity index (χ1) is 29.4. The first-order valence-electron chi connectivity index (χ1n) is 20.8. The van der Waals surface area contributed by atoms with Crippen molar-refractivity contribution in [1.29, 1.82) is 5.26 Å². The second kappa shape index (κ2) is 21.7. The number of nitriles is 1. The average molecular weight is 840 g/mol. The van der Waals surface area contributed by atoms with Crippen molar-refractivity contribution in [3.63, 3.8) is 0 Å². The summed E-state index contributed by atoms with van der Waals surface area (Å²) < 4.78 is 26.6. The lowest BCUT2D eigenvalue weighted by atomic mass is 9.55. The molecule has 6 rings (SSSR count). The molecule has 0 aromatic heterocycles. The number of fused-ring (bicyclic) bond motifs is 2. The van der Waals surface area contributed by atoms with Crippen molar-refractivity contribution in [3.05, 3.63) is 108 Å². The third-order valence-electron chi connectivity index (χ3n) is 11.8. The fraction of sp³-hybridized carbons (Fsp3) is 0.468. The highest BCUT2D eigenvalue weighted by Gasteiger charge is 2.65. The molecule has 3 N–H and O–H groups in total. The van der Waals surface area contributed by atoms with Gasteiger partial charge >= 0.3 is 0 Å². The third kappa shape index (κ3) is 9.92. The number of allylic oxidation sites excluding steroid dienone is 1. The van der Waals surface area contributed by atoms with Gasteiger partial charge in [0.2, 0.25) is 5.79 Å². The lowest BCUT2D eigenvalue weighted by Gasteiger charge is -2.60. The molecule has 1 fully saturated rings. The largest absolute Gasteiger partial charge is 0.459 e. The number of unbranched alkanes of at least 4 members (excludes halogenated alkanes) is 2. The Labute approximate surface area is 357 Å². The fourth-order valence-electron chi connectivity index (χ4n) is 9.18. The predicted octanol–water partition coefficient (Wildman–Crippen LogP) is 7.49. The normalized spacial score (nSPS) is 23.4. The molecule has 3 aliphatic rings. The Morgan fingerprint density at radius 3 is 2.40 bits per heavy atom. The zero-order valence-corrected chi connectivity index (χ0v) is 35.4. The molecule has 1 heterocycles. The summed E-state index contributed by atoms with van der Waals surface area (Å²) in [5, 5.41) is 43.5. The van der Waals surface area contributed by atoms with E-state index in [-0.39, 0.29) is 76.3 Å². The minimum Gasteiger partial charge on any atom is -0.459 e. The Bertz CT molecular complexity index is 2000. The van der Waals surface area contributed by atoms with Crippen LogP contribution in [0.25, 0.3) is 0 Å². The quantitative estimate of drug-likeness (QED) is 0.0398. The number of amides is 1. The first kappa shape index (κ1) is 44.9. The van der Waals surface area contributed by atoms with Gasteiger partial charge in [-0.05, 0) is 116 Å². The van der Waals surface area contributed by atoms with Crippen LogP contribution < -0.4 is 9.47 Å². The van der Waals surface area contributed by atoms with Crippen molar-refractivity contribution < 1.29 is 43.9 Å². The Balaban J connectivity index is 1.57. The van der Waals surface area contributed by atoms with E-state index in [4.69, 9.17) is 23.8 Å². The molecule has 0 radical (unpaired) electrons. The number of carbonyl (C=O) groups is 1. The first-order valence-corrected chi connectivity index (χ1v) is 22.0. The van der Waals surface area contributed by atoms with E-state index >= 15 is 0 Å². The van der Waals surface area contributed by atoms with Crippen molar-refractivity contribution in [2.75, 3.05) is 59.6 Å². The number of thioether (sulfide) groups is 1. The molecule has 0 saturated heterocycles. The second-order valence-corrected chi connectivity index (χ2v) is 16.1. The molecular weight excluding hydrogens is 783 g/mol. The van der Waals surface area contributed by atoms with Crippen LogP contribution in [0.4, 0.5) is 0 Å². The van der Waals surface area contributed by atoms with Crippen LogP contribution in [0.3, 0.4) is 0 Å². The van der Waals surface area contributed by atoms with E-state index in [1.807, 2.05) is 42.7 Å². The Morgan fingerprint density at radius 1 is 1.00 bits per heavy atom. The van der Waals surface area contributed by atoms with Crippen molar-refractivity contribution >= 4 is 23.4 Å². The summed E-state index contributed by atoms with van der Waals surface area (Å²) in [7, 11) is 1.51. The number of nitrogens with zero attached hydrogens (tertiary/aromatic N) is 3. The highest BCUT2D eigenvalue weighted by atomic mass is 32.2. The van der Waals surface area contributed by atoms with E-state index in [1.165, 1.54) is 7.11 Å². The predicted molar refractivity (Wildman–Crippen MR) is 230 cm³/mol. The monoisotopic (exact) mass is 839 g/mol. The summed E-state index contributed by atoms with van der Waals surface area (Å²) in [5.74, 6) is -0.468. The number of ether oxygens (including phenoxy) is 4. The number of oxime groups is 1. The van der Waals surface area contributed by atoms with Gasteiger partial charge in [-0.15, -0.1) is 18.3 Å². The highest BCUT2D eigenvalue weighted by Crippen LogP contribution is 2.62. The molecule has 2 aliphatic carbocycles. The Kier molecular flexibility index (Phi) is 16.2. The van der Waals surface area contributed by atoms with Crippen molar-refractivity contribution in [2.24, 2.45) is 22.9 Å². The molecule has 1 saturated carbocycles. The molecule has 320 valence electrons. The van der Waals surface area contributed by atoms with Crippen LogP contribution in [0.2, 0.25) is 0 Å². The summed E-state index contributed by atoms with van der Waals surface area (Å²) in [6, 6.07) is 21.7. The molecule has 1 aliphatic heterocycles. The lowest BCUT2D eigenvalue weighted by molar-refractivity contribution is -0.254. The molecule has 3 aromatic carbocycles. The molecule has 13 heteroatoms. The minimum absolute atomic E-state index is 0.0348. The lowest BCUT2D eigenvalue weighted by Crippen LogP contribution is -2.70. The Hall–Kier alpha value is -4.68. The molecule has 0 bridgehead atoms. The van der Waals surface area contributed by atoms with E-state index in [0.717, 1.165) is 41.7 Å². The summed E-state index contributed by atoms with van der Waals surface area (Å²) in [5.41, 5.74) is 3.32. The maximum absolute atomic E-state index is 14.9. The fourth-order valence-corrected chi connectivity index (χ4v) is 9.59. The zero-order chi connectivity index (χ0) is 42.5. The van der Waals surface area contributed by atoms with Gasteiger partial charge in [0, 0.05) is 48.1 Å². The van der Waals surface area contributed by atoms with Gasteiger partial charge < -0.3 is 44.0 Å². The number of aliphatic hydroxyl groups excluding tert-OH is 3. The van der Waals surface area contributed by atoms with Crippen LogP contribution in [0.1, 0.15) is 72.3 Å². The van der Waals surface area contributed by atoms with Gasteiger partial charge in [0.25, 0.3) is 5.91 Å². The number of benzene rings is 3. The van der Waals surface area contributed by atoms with E-state index in [2.05, 4.69) is 29.9 Å². The maximum Gasteiger partial charge on any atom is 0.254 e. The molecule has 1 amide bonds. The van der Waals surface area contributed by atoms with Gasteiger partial charge in [-0.25, -0.2) is 0 Å².